The molecule has 0 atom stereocenters. The molecule has 0 saturated heterocycles. The molecule has 2 aliphatic carbocycles. The Kier molecular flexibility index (Phi) is 6.25. The van der Waals surface area contributed by atoms with Gasteiger partial charge in [0.15, 0.2) is 0 Å². The van der Waals surface area contributed by atoms with Gasteiger partial charge >= 0.3 is 0 Å². The molecule has 0 amide bonds. The van der Waals surface area contributed by atoms with Crippen LogP contribution in [0.5, 0.6) is 0 Å². The highest BCUT2D eigenvalue weighted by atomic mass is 15.1. The summed E-state index contributed by atoms with van der Waals surface area (Å²) in [4.78, 5) is 2.44. The number of aromatic nitrogens is 1. The lowest BCUT2D eigenvalue weighted by molar-refractivity contribution is 0.660. The van der Waals surface area contributed by atoms with Crippen molar-refractivity contribution in [1.82, 2.24) is 4.57 Å². The van der Waals surface area contributed by atoms with Crippen LogP contribution in [0.15, 0.2) is 169 Å². The van der Waals surface area contributed by atoms with Crippen LogP contribution in [-0.2, 0) is 5.41 Å². The zero-order valence-electron chi connectivity index (χ0n) is 29.6. The van der Waals surface area contributed by atoms with E-state index >= 15 is 0 Å². The maximum absolute atomic E-state index is 3.27. The van der Waals surface area contributed by atoms with Crippen LogP contribution >= 0.6 is 0 Å². The first-order valence-corrected chi connectivity index (χ1v) is 18.4. The summed E-state index contributed by atoms with van der Waals surface area (Å²) in [5.74, 6) is 0. The number of benzene rings is 8. The fourth-order valence-electron chi connectivity index (χ4n) is 9.21. The fourth-order valence-corrected chi connectivity index (χ4v) is 9.21. The standard InChI is InChI=1S/C51H34N2/c1-51(2)45-24-12-10-20-39(45)40-29-27-34(31-46(40)51)53-47-25-13-11-21-41(47)42-30-28-35(32-49(42)53)52(33-15-4-3-5-16-33)48-26-14-23-44-38-18-7-6-17-36(38)37-19-8-9-22-43(37)50(44)48/h3-10,12,14-32H,1-2H3. The number of hydrogen-bond acceptors (Lipinski definition) is 1. The number of fused-ring (bicyclic) bond motifs is 12. The molecule has 2 heteroatoms. The number of hydrogen-bond donors (Lipinski definition) is 0. The van der Waals surface area contributed by atoms with E-state index in [0.717, 1.165) is 34.0 Å². The Balaban J connectivity index is 1.19. The van der Waals surface area contributed by atoms with E-state index < -0.39 is 0 Å². The van der Waals surface area contributed by atoms with E-state index in [1.807, 2.05) is 0 Å². The minimum atomic E-state index is -0.100. The summed E-state index contributed by atoms with van der Waals surface area (Å²) < 4.78 is 2.42. The Morgan fingerprint density at radius 2 is 1.13 bits per heavy atom. The zero-order chi connectivity index (χ0) is 35.3. The molecule has 248 valence electrons. The molecular weight excluding hydrogens is 641 g/mol. The third-order valence-electron chi connectivity index (χ3n) is 11.6. The minimum absolute atomic E-state index is 0.100. The van der Waals surface area contributed by atoms with Crippen LogP contribution in [0.3, 0.4) is 0 Å². The first-order chi connectivity index (χ1) is 26.1. The fraction of sp³-hybridized carbons (Fsp3) is 0.0588. The summed E-state index contributed by atoms with van der Waals surface area (Å²) in [6, 6.07) is 58.0. The molecule has 11 rings (SSSR count). The topological polar surface area (TPSA) is 8.17 Å². The van der Waals surface area contributed by atoms with Gasteiger partial charge in [-0.25, -0.2) is 0 Å². The summed E-state index contributed by atoms with van der Waals surface area (Å²) in [5, 5.41) is 8.75. The smallest absolute Gasteiger partial charge is 0.0631 e. The molecule has 2 nitrogen and oxygen atoms in total. The molecule has 9 aromatic rings. The SMILES string of the molecule is CC1(C)c2ccccc2-c2ccc(-n3c4c(c5ccc(N(c6ccccc6)c6cccc7c8ccccc8c8ccccc8c67)cc53)C=C=C=C4)cc21. The van der Waals surface area contributed by atoms with Crippen molar-refractivity contribution in [2.45, 2.75) is 19.3 Å². The minimum Gasteiger partial charge on any atom is -0.310 e. The quantitative estimate of drug-likeness (QED) is 0.133. The van der Waals surface area contributed by atoms with Gasteiger partial charge in [0, 0.05) is 44.9 Å². The van der Waals surface area contributed by atoms with Crippen molar-refractivity contribution < 1.29 is 0 Å². The van der Waals surface area contributed by atoms with E-state index in [9.17, 15) is 0 Å². The van der Waals surface area contributed by atoms with Crippen LogP contribution in [0.2, 0.25) is 0 Å². The van der Waals surface area contributed by atoms with Crippen LogP contribution in [0.1, 0.15) is 36.2 Å². The van der Waals surface area contributed by atoms with Crippen molar-refractivity contribution in [3.8, 4) is 16.8 Å². The Hall–Kier alpha value is -6.82. The average Bonchev–Trinajstić information content (AvgIpc) is 3.66. The van der Waals surface area contributed by atoms with Gasteiger partial charge in [-0.15, -0.1) is 0 Å². The summed E-state index contributed by atoms with van der Waals surface area (Å²) in [7, 11) is 0. The van der Waals surface area contributed by atoms with Gasteiger partial charge in [0.2, 0.25) is 0 Å². The zero-order valence-corrected chi connectivity index (χ0v) is 29.6. The molecule has 1 heterocycles. The van der Waals surface area contributed by atoms with E-state index in [1.54, 1.807) is 0 Å². The molecule has 8 aromatic carbocycles. The monoisotopic (exact) mass is 674 g/mol. The van der Waals surface area contributed by atoms with Crippen LogP contribution in [0, 0.1) is 0 Å². The van der Waals surface area contributed by atoms with E-state index in [-0.39, 0.29) is 5.41 Å². The summed E-state index contributed by atoms with van der Waals surface area (Å²) in [6.07, 6.45) is 4.16. The highest BCUT2D eigenvalue weighted by molar-refractivity contribution is 6.28. The van der Waals surface area contributed by atoms with Crippen LogP contribution < -0.4 is 4.90 Å². The molecule has 0 bridgehead atoms. The van der Waals surface area contributed by atoms with Gasteiger partial charge in [0.05, 0.1) is 16.9 Å². The molecular formula is C51H34N2. The molecule has 0 saturated carbocycles. The molecule has 0 unspecified atom stereocenters. The molecule has 1 aromatic heterocycles. The Morgan fingerprint density at radius 1 is 0.491 bits per heavy atom. The van der Waals surface area contributed by atoms with E-state index in [2.05, 4.69) is 205 Å². The molecule has 53 heavy (non-hydrogen) atoms. The van der Waals surface area contributed by atoms with Crippen molar-refractivity contribution in [3.63, 3.8) is 0 Å². The first kappa shape index (κ1) is 29.9. The lowest BCUT2D eigenvalue weighted by atomic mass is 9.82. The van der Waals surface area contributed by atoms with Crippen molar-refractivity contribution in [1.29, 1.82) is 0 Å². The maximum Gasteiger partial charge on any atom is 0.0631 e. The third-order valence-corrected chi connectivity index (χ3v) is 11.6. The van der Waals surface area contributed by atoms with Gasteiger partial charge in [0.1, 0.15) is 0 Å². The van der Waals surface area contributed by atoms with Gasteiger partial charge in [-0.05, 0) is 97.7 Å². The Morgan fingerprint density at radius 3 is 1.92 bits per heavy atom. The lowest BCUT2D eigenvalue weighted by Crippen LogP contribution is -2.15. The highest BCUT2D eigenvalue weighted by Gasteiger charge is 2.35. The van der Waals surface area contributed by atoms with Crippen molar-refractivity contribution in [3.05, 3.63) is 192 Å². The molecule has 0 fully saturated rings. The van der Waals surface area contributed by atoms with E-state index in [4.69, 9.17) is 0 Å². The van der Waals surface area contributed by atoms with Crippen molar-refractivity contribution in [2.24, 2.45) is 0 Å². The second-order valence-electron chi connectivity index (χ2n) is 14.8. The van der Waals surface area contributed by atoms with E-state index in [0.29, 0.717) is 0 Å². The summed E-state index contributed by atoms with van der Waals surface area (Å²) in [5.41, 5.74) is 19.8. The van der Waals surface area contributed by atoms with Crippen LogP contribution in [-0.4, -0.2) is 4.57 Å². The summed E-state index contributed by atoms with van der Waals surface area (Å²) in [6.45, 7) is 4.70. The molecule has 0 aliphatic heterocycles. The third kappa shape index (κ3) is 4.23. The van der Waals surface area contributed by atoms with Crippen LogP contribution in [0.25, 0.3) is 72.2 Å². The number of rotatable bonds is 4. The lowest BCUT2D eigenvalue weighted by Gasteiger charge is -2.28. The number of nitrogens with zero attached hydrogens (tertiary/aromatic N) is 2. The average molecular weight is 675 g/mol. The Bertz CT molecular complexity index is 3060. The van der Waals surface area contributed by atoms with Gasteiger partial charge in [-0.3, -0.25) is 0 Å². The van der Waals surface area contributed by atoms with Gasteiger partial charge < -0.3 is 9.47 Å². The van der Waals surface area contributed by atoms with E-state index in [1.165, 1.54) is 65.5 Å². The molecule has 2 aliphatic rings. The van der Waals surface area contributed by atoms with Gasteiger partial charge in [-0.1, -0.05) is 141 Å². The largest absolute Gasteiger partial charge is 0.310 e. The van der Waals surface area contributed by atoms with Gasteiger partial charge in [-0.2, -0.15) is 0 Å². The highest BCUT2D eigenvalue weighted by Crippen LogP contribution is 2.50. The number of para-hydroxylation sites is 1. The summed E-state index contributed by atoms with van der Waals surface area (Å²) >= 11 is 0. The maximum atomic E-state index is 3.27. The molecule has 0 spiro atoms. The second kappa shape index (κ2) is 11.1. The van der Waals surface area contributed by atoms with Crippen molar-refractivity contribution in [2.75, 3.05) is 4.90 Å². The first-order valence-electron chi connectivity index (χ1n) is 18.4. The molecule has 0 radical (unpaired) electrons. The van der Waals surface area contributed by atoms with Crippen molar-refractivity contribution >= 4 is 72.4 Å². The predicted molar refractivity (Wildman–Crippen MR) is 224 cm³/mol. The van der Waals surface area contributed by atoms with Crippen LogP contribution in [0.4, 0.5) is 17.1 Å². The number of anilines is 3. The second-order valence-corrected chi connectivity index (χ2v) is 14.8. The predicted octanol–water partition coefficient (Wildman–Crippen LogP) is 13.7. The molecule has 0 N–H and O–H groups in total. The Labute approximate surface area is 308 Å². The normalized spacial score (nSPS) is 13.5. The van der Waals surface area contributed by atoms with Gasteiger partial charge in [0.25, 0.3) is 0 Å².